The summed E-state index contributed by atoms with van der Waals surface area (Å²) < 4.78 is 0. The van der Waals surface area contributed by atoms with E-state index in [4.69, 9.17) is 5.73 Å². The van der Waals surface area contributed by atoms with Crippen LogP contribution >= 0.6 is 0 Å². The van der Waals surface area contributed by atoms with E-state index in [1.54, 1.807) is 0 Å². The van der Waals surface area contributed by atoms with Crippen molar-refractivity contribution in [3.8, 4) is 0 Å². The zero-order valence-corrected chi connectivity index (χ0v) is 12.9. The number of benzene rings is 2. The van der Waals surface area contributed by atoms with Crippen LogP contribution in [0.4, 0.5) is 0 Å². The average Bonchev–Trinajstić information content (AvgIpc) is 2.54. The number of aliphatic hydroxyl groups is 1. The lowest BCUT2D eigenvalue weighted by Gasteiger charge is -2.33. The van der Waals surface area contributed by atoms with Crippen LogP contribution in [0.15, 0.2) is 60.7 Å². The first-order valence-electron chi connectivity index (χ1n) is 7.60. The van der Waals surface area contributed by atoms with Gasteiger partial charge in [-0.3, -0.25) is 0 Å². The Balaban J connectivity index is 2.36. The fourth-order valence-corrected chi connectivity index (χ4v) is 2.53. The van der Waals surface area contributed by atoms with Gasteiger partial charge in [0.15, 0.2) is 0 Å². The Morgan fingerprint density at radius 3 is 1.67 bits per heavy atom. The first-order chi connectivity index (χ1) is 9.98. The quantitative estimate of drug-likeness (QED) is 0.846. The molecule has 0 fully saturated rings. The molecule has 3 N–H and O–H groups in total. The monoisotopic (exact) mass is 283 g/mol. The molecular weight excluding hydrogens is 258 g/mol. The summed E-state index contributed by atoms with van der Waals surface area (Å²) in [4.78, 5) is 0. The van der Waals surface area contributed by atoms with Crippen LogP contribution < -0.4 is 5.73 Å². The van der Waals surface area contributed by atoms with Gasteiger partial charge >= 0.3 is 0 Å². The van der Waals surface area contributed by atoms with E-state index in [1.165, 1.54) is 0 Å². The molecule has 112 valence electrons. The Kier molecular flexibility index (Phi) is 4.81. The second-order valence-corrected chi connectivity index (χ2v) is 6.10. The zero-order chi connectivity index (χ0) is 15.3. The molecule has 1 unspecified atom stereocenters. The van der Waals surface area contributed by atoms with Crippen molar-refractivity contribution in [2.45, 2.75) is 44.2 Å². The molecule has 2 aromatic rings. The third-order valence-corrected chi connectivity index (χ3v) is 4.37. The smallest absolute Gasteiger partial charge is 0.115 e. The molecule has 0 aromatic heterocycles. The van der Waals surface area contributed by atoms with E-state index in [-0.39, 0.29) is 5.54 Å². The number of hydrogen-bond donors (Lipinski definition) is 2. The molecule has 0 saturated carbocycles. The van der Waals surface area contributed by atoms with Crippen LogP contribution in [0.1, 0.15) is 44.2 Å². The van der Waals surface area contributed by atoms with Crippen LogP contribution in [0.2, 0.25) is 0 Å². The van der Waals surface area contributed by atoms with Gasteiger partial charge in [0.1, 0.15) is 5.60 Å². The van der Waals surface area contributed by atoms with Crippen LogP contribution in [0, 0.1) is 0 Å². The highest BCUT2D eigenvalue weighted by Crippen LogP contribution is 2.35. The van der Waals surface area contributed by atoms with Crippen molar-refractivity contribution in [2.24, 2.45) is 5.73 Å². The summed E-state index contributed by atoms with van der Waals surface area (Å²) in [5, 5.41) is 11.4. The van der Waals surface area contributed by atoms with Gasteiger partial charge in [-0.25, -0.2) is 0 Å². The standard InChI is InChI=1S/C19H25NO/c1-3-18(2,20)14-15-19(21,16-10-6-4-7-11-16)17-12-8-5-9-13-17/h4-13,21H,3,14-15,20H2,1-2H3. The molecule has 0 amide bonds. The van der Waals surface area contributed by atoms with Crippen LogP contribution in [0.5, 0.6) is 0 Å². The van der Waals surface area contributed by atoms with Crippen molar-refractivity contribution in [1.29, 1.82) is 0 Å². The molecule has 0 bridgehead atoms. The lowest BCUT2D eigenvalue weighted by atomic mass is 9.79. The lowest BCUT2D eigenvalue weighted by Crippen LogP contribution is -2.38. The summed E-state index contributed by atoms with van der Waals surface area (Å²) in [6.07, 6.45) is 2.28. The number of hydrogen-bond acceptors (Lipinski definition) is 2. The maximum absolute atomic E-state index is 11.4. The average molecular weight is 283 g/mol. The minimum absolute atomic E-state index is 0.252. The molecule has 1 atom stereocenters. The van der Waals surface area contributed by atoms with E-state index >= 15 is 0 Å². The van der Waals surface area contributed by atoms with E-state index in [1.807, 2.05) is 67.6 Å². The molecule has 2 rings (SSSR count). The lowest BCUT2D eigenvalue weighted by molar-refractivity contribution is 0.0615. The predicted octanol–water partition coefficient (Wildman–Crippen LogP) is 3.83. The van der Waals surface area contributed by atoms with Crippen molar-refractivity contribution < 1.29 is 5.11 Å². The van der Waals surface area contributed by atoms with E-state index in [0.29, 0.717) is 6.42 Å². The molecule has 2 nitrogen and oxygen atoms in total. The SMILES string of the molecule is CCC(C)(N)CCC(O)(c1ccccc1)c1ccccc1. The van der Waals surface area contributed by atoms with Gasteiger partial charge in [0, 0.05) is 5.54 Å². The molecule has 21 heavy (non-hydrogen) atoms. The Labute approximate surface area is 127 Å². The molecule has 0 aliphatic heterocycles. The molecule has 2 aromatic carbocycles. The summed E-state index contributed by atoms with van der Waals surface area (Å²) in [7, 11) is 0. The normalized spacial score (nSPS) is 14.7. The van der Waals surface area contributed by atoms with E-state index in [0.717, 1.165) is 24.0 Å². The summed E-state index contributed by atoms with van der Waals surface area (Å²) in [6.45, 7) is 4.13. The Morgan fingerprint density at radius 2 is 1.29 bits per heavy atom. The Hall–Kier alpha value is -1.64. The van der Waals surface area contributed by atoms with Gasteiger partial charge in [-0.05, 0) is 37.3 Å². The third-order valence-electron chi connectivity index (χ3n) is 4.37. The van der Waals surface area contributed by atoms with Gasteiger partial charge < -0.3 is 10.8 Å². The summed E-state index contributed by atoms with van der Waals surface area (Å²) in [6, 6.07) is 19.7. The Bertz CT molecular complexity index is 509. The van der Waals surface area contributed by atoms with Gasteiger partial charge in [0.25, 0.3) is 0 Å². The maximum Gasteiger partial charge on any atom is 0.115 e. The largest absolute Gasteiger partial charge is 0.380 e. The highest BCUT2D eigenvalue weighted by molar-refractivity contribution is 5.35. The van der Waals surface area contributed by atoms with E-state index < -0.39 is 5.60 Å². The molecule has 2 heteroatoms. The zero-order valence-electron chi connectivity index (χ0n) is 12.9. The topological polar surface area (TPSA) is 46.2 Å². The molecule has 0 aliphatic rings. The number of nitrogens with two attached hydrogens (primary N) is 1. The van der Waals surface area contributed by atoms with E-state index in [2.05, 4.69) is 6.92 Å². The maximum atomic E-state index is 11.4. The second-order valence-electron chi connectivity index (χ2n) is 6.10. The van der Waals surface area contributed by atoms with Crippen molar-refractivity contribution in [3.63, 3.8) is 0 Å². The summed E-state index contributed by atoms with van der Waals surface area (Å²) in [5.41, 5.74) is 6.87. The van der Waals surface area contributed by atoms with Gasteiger partial charge in [0.2, 0.25) is 0 Å². The van der Waals surface area contributed by atoms with Crippen LogP contribution in [-0.2, 0) is 5.60 Å². The Morgan fingerprint density at radius 1 is 0.857 bits per heavy atom. The van der Waals surface area contributed by atoms with Crippen molar-refractivity contribution in [1.82, 2.24) is 0 Å². The minimum Gasteiger partial charge on any atom is -0.380 e. The van der Waals surface area contributed by atoms with Crippen LogP contribution in [0.3, 0.4) is 0 Å². The van der Waals surface area contributed by atoms with Crippen molar-refractivity contribution in [2.75, 3.05) is 0 Å². The van der Waals surface area contributed by atoms with E-state index in [9.17, 15) is 5.11 Å². The fourth-order valence-electron chi connectivity index (χ4n) is 2.53. The fraction of sp³-hybridized carbons (Fsp3) is 0.368. The molecule has 0 radical (unpaired) electrons. The molecule has 0 heterocycles. The van der Waals surface area contributed by atoms with Gasteiger partial charge in [-0.1, -0.05) is 67.6 Å². The highest BCUT2D eigenvalue weighted by atomic mass is 16.3. The van der Waals surface area contributed by atoms with Gasteiger partial charge in [-0.2, -0.15) is 0 Å². The number of rotatable bonds is 6. The minimum atomic E-state index is -0.988. The molecule has 0 spiro atoms. The summed E-state index contributed by atoms with van der Waals surface area (Å²) >= 11 is 0. The first-order valence-corrected chi connectivity index (χ1v) is 7.60. The molecule has 0 saturated heterocycles. The molecule has 0 aliphatic carbocycles. The highest BCUT2D eigenvalue weighted by Gasteiger charge is 2.33. The van der Waals surface area contributed by atoms with Gasteiger partial charge in [0.05, 0.1) is 0 Å². The van der Waals surface area contributed by atoms with Crippen molar-refractivity contribution in [3.05, 3.63) is 71.8 Å². The first kappa shape index (κ1) is 15.7. The summed E-state index contributed by atoms with van der Waals surface area (Å²) in [5.74, 6) is 0. The van der Waals surface area contributed by atoms with Crippen LogP contribution in [0.25, 0.3) is 0 Å². The van der Waals surface area contributed by atoms with Gasteiger partial charge in [-0.15, -0.1) is 0 Å². The molecular formula is C19H25NO. The predicted molar refractivity (Wildman–Crippen MR) is 88.0 cm³/mol. The second kappa shape index (κ2) is 6.42. The van der Waals surface area contributed by atoms with Crippen LogP contribution in [-0.4, -0.2) is 10.6 Å². The van der Waals surface area contributed by atoms with Crippen molar-refractivity contribution >= 4 is 0 Å². The third kappa shape index (κ3) is 3.72.